The Labute approximate surface area is 117 Å². The fourth-order valence-electron chi connectivity index (χ4n) is 1.82. The maximum absolute atomic E-state index is 11.8. The third-order valence-electron chi connectivity index (χ3n) is 2.82. The van der Waals surface area contributed by atoms with E-state index < -0.39 is 5.91 Å². The Morgan fingerprint density at radius 3 is 2.35 bits per heavy atom. The Hall–Kier alpha value is -2.62. The SMILES string of the molecule is NC(=O)c1ccccc1[CH]C(=O)NCc1ccccc1. The Morgan fingerprint density at radius 2 is 1.65 bits per heavy atom. The third-order valence-corrected chi connectivity index (χ3v) is 2.82. The lowest BCUT2D eigenvalue weighted by atomic mass is 10.0. The van der Waals surface area contributed by atoms with Crippen molar-refractivity contribution in [3.63, 3.8) is 0 Å². The summed E-state index contributed by atoms with van der Waals surface area (Å²) in [5.41, 5.74) is 7.13. The molecule has 0 aliphatic rings. The summed E-state index contributed by atoms with van der Waals surface area (Å²) in [7, 11) is 0. The van der Waals surface area contributed by atoms with Gasteiger partial charge in [0.1, 0.15) is 0 Å². The molecule has 0 aliphatic heterocycles. The van der Waals surface area contributed by atoms with E-state index in [2.05, 4.69) is 5.32 Å². The molecule has 0 fully saturated rings. The Balaban J connectivity index is 1.97. The molecule has 2 aromatic rings. The summed E-state index contributed by atoms with van der Waals surface area (Å²) in [6.07, 6.45) is 1.38. The van der Waals surface area contributed by atoms with Gasteiger partial charge in [-0.1, -0.05) is 48.5 Å². The molecule has 0 saturated carbocycles. The van der Waals surface area contributed by atoms with Gasteiger partial charge in [0.15, 0.2) is 0 Å². The average molecular weight is 267 g/mol. The summed E-state index contributed by atoms with van der Waals surface area (Å²) in [5, 5.41) is 2.77. The van der Waals surface area contributed by atoms with Gasteiger partial charge in [-0.05, 0) is 17.2 Å². The molecule has 0 saturated heterocycles. The Morgan fingerprint density at radius 1 is 1.00 bits per heavy atom. The molecule has 20 heavy (non-hydrogen) atoms. The highest BCUT2D eigenvalue weighted by atomic mass is 16.2. The van der Waals surface area contributed by atoms with Crippen molar-refractivity contribution < 1.29 is 9.59 Å². The smallest absolute Gasteiger partial charge is 0.249 e. The number of nitrogens with one attached hydrogen (secondary N) is 1. The van der Waals surface area contributed by atoms with Crippen LogP contribution in [-0.2, 0) is 11.3 Å². The second-order valence-corrected chi connectivity index (χ2v) is 4.30. The summed E-state index contributed by atoms with van der Waals surface area (Å²) < 4.78 is 0. The van der Waals surface area contributed by atoms with E-state index in [0.717, 1.165) is 5.56 Å². The van der Waals surface area contributed by atoms with Crippen LogP contribution in [0.3, 0.4) is 0 Å². The second-order valence-electron chi connectivity index (χ2n) is 4.30. The summed E-state index contributed by atoms with van der Waals surface area (Å²) in [4.78, 5) is 23.1. The number of carbonyl (C=O) groups is 2. The van der Waals surface area contributed by atoms with E-state index in [0.29, 0.717) is 17.7 Å². The molecule has 0 heterocycles. The summed E-state index contributed by atoms with van der Waals surface area (Å²) >= 11 is 0. The van der Waals surface area contributed by atoms with E-state index in [-0.39, 0.29) is 5.91 Å². The van der Waals surface area contributed by atoms with Crippen LogP contribution in [0, 0.1) is 6.42 Å². The molecule has 2 rings (SSSR count). The van der Waals surface area contributed by atoms with Crippen molar-refractivity contribution in [2.75, 3.05) is 0 Å². The van der Waals surface area contributed by atoms with Crippen molar-refractivity contribution in [1.29, 1.82) is 0 Å². The molecule has 0 aromatic heterocycles. The van der Waals surface area contributed by atoms with Crippen LogP contribution in [0.4, 0.5) is 0 Å². The van der Waals surface area contributed by atoms with Crippen molar-refractivity contribution in [2.45, 2.75) is 6.54 Å². The first-order valence-corrected chi connectivity index (χ1v) is 6.22. The maximum atomic E-state index is 11.8. The first-order chi connectivity index (χ1) is 9.66. The van der Waals surface area contributed by atoms with Gasteiger partial charge in [0, 0.05) is 12.1 Å². The number of primary amides is 1. The number of amides is 2. The van der Waals surface area contributed by atoms with Gasteiger partial charge in [0.2, 0.25) is 11.8 Å². The van der Waals surface area contributed by atoms with Gasteiger partial charge in [0.25, 0.3) is 0 Å². The number of hydrogen-bond acceptors (Lipinski definition) is 2. The van der Waals surface area contributed by atoms with Crippen LogP contribution in [0.25, 0.3) is 0 Å². The zero-order chi connectivity index (χ0) is 14.4. The average Bonchev–Trinajstić information content (AvgIpc) is 2.46. The lowest BCUT2D eigenvalue weighted by Gasteiger charge is -2.07. The number of hydrogen-bond donors (Lipinski definition) is 2. The lowest BCUT2D eigenvalue weighted by Crippen LogP contribution is -2.24. The normalized spacial score (nSPS) is 10.0. The summed E-state index contributed by atoms with van der Waals surface area (Å²) in [5.74, 6) is -0.810. The Bertz CT molecular complexity index is 609. The van der Waals surface area contributed by atoms with Gasteiger partial charge in [-0.25, -0.2) is 0 Å². The van der Waals surface area contributed by atoms with Crippen molar-refractivity contribution in [3.8, 4) is 0 Å². The van der Waals surface area contributed by atoms with Gasteiger partial charge in [-0.15, -0.1) is 0 Å². The van der Waals surface area contributed by atoms with E-state index in [1.54, 1.807) is 24.3 Å². The van der Waals surface area contributed by atoms with Gasteiger partial charge in [0.05, 0.1) is 6.42 Å². The van der Waals surface area contributed by atoms with E-state index >= 15 is 0 Å². The number of nitrogens with two attached hydrogens (primary N) is 1. The minimum Gasteiger partial charge on any atom is -0.366 e. The molecule has 2 aromatic carbocycles. The van der Waals surface area contributed by atoms with Crippen LogP contribution in [0.5, 0.6) is 0 Å². The van der Waals surface area contributed by atoms with Crippen molar-refractivity contribution in [3.05, 3.63) is 77.7 Å². The Kier molecular flexibility index (Phi) is 4.50. The third kappa shape index (κ3) is 3.68. The second kappa shape index (κ2) is 6.52. The highest BCUT2D eigenvalue weighted by Crippen LogP contribution is 2.10. The molecule has 0 spiro atoms. The zero-order valence-electron chi connectivity index (χ0n) is 10.9. The van der Waals surface area contributed by atoms with Gasteiger partial charge in [-0.3, -0.25) is 9.59 Å². The highest BCUT2D eigenvalue weighted by Gasteiger charge is 2.11. The predicted molar refractivity (Wildman–Crippen MR) is 76.7 cm³/mol. The molecule has 3 N–H and O–H groups in total. The fraction of sp³-hybridized carbons (Fsp3) is 0.0625. The molecule has 0 unspecified atom stereocenters. The molecule has 0 bridgehead atoms. The van der Waals surface area contributed by atoms with Crippen molar-refractivity contribution in [2.24, 2.45) is 5.73 Å². The molecule has 1 radical (unpaired) electrons. The van der Waals surface area contributed by atoms with Crippen LogP contribution in [0.2, 0.25) is 0 Å². The molecule has 101 valence electrons. The van der Waals surface area contributed by atoms with E-state index in [1.165, 1.54) is 6.42 Å². The van der Waals surface area contributed by atoms with Gasteiger partial charge >= 0.3 is 0 Å². The van der Waals surface area contributed by atoms with Crippen LogP contribution in [0.15, 0.2) is 54.6 Å². The molecule has 0 aliphatic carbocycles. The van der Waals surface area contributed by atoms with Crippen LogP contribution >= 0.6 is 0 Å². The fourth-order valence-corrected chi connectivity index (χ4v) is 1.82. The topological polar surface area (TPSA) is 72.2 Å². The van der Waals surface area contributed by atoms with E-state index in [4.69, 9.17) is 5.73 Å². The van der Waals surface area contributed by atoms with Crippen molar-refractivity contribution in [1.82, 2.24) is 5.32 Å². The van der Waals surface area contributed by atoms with Gasteiger partial charge < -0.3 is 11.1 Å². The zero-order valence-corrected chi connectivity index (χ0v) is 10.9. The molecular weight excluding hydrogens is 252 g/mol. The molecular formula is C16H15N2O2. The minimum absolute atomic E-state index is 0.262. The quantitative estimate of drug-likeness (QED) is 0.864. The lowest BCUT2D eigenvalue weighted by molar-refractivity contribution is -0.117. The summed E-state index contributed by atoms with van der Waals surface area (Å²) in [6.45, 7) is 0.439. The van der Waals surface area contributed by atoms with Crippen LogP contribution in [0.1, 0.15) is 21.5 Å². The molecule has 4 nitrogen and oxygen atoms in total. The van der Waals surface area contributed by atoms with Crippen molar-refractivity contribution >= 4 is 11.8 Å². The largest absolute Gasteiger partial charge is 0.366 e. The molecule has 0 atom stereocenters. The standard InChI is InChI=1S/C16H15N2O2/c17-16(20)14-9-5-4-8-13(14)10-15(19)18-11-12-6-2-1-3-7-12/h1-10H,11H2,(H2,17,20)(H,18,19). The van der Waals surface area contributed by atoms with Gasteiger partial charge in [-0.2, -0.15) is 0 Å². The van der Waals surface area contributed by atoms with Crippen LogP contribution < -0.4 is 11.1 Å². The molecule has 4 heteroatoms. The number of benzene rings is 2. The number of rotatable bonds is 5. The van der Waals surface area contributed by atoms with E-state index in [9.17, 15) is 9.59 Å². The van der Waals surface area contributed by atoms with E-state index in [1.807, 2.05) is 30.3 Å². The highest BCUT2D eigenvalue weighted by molar-refractivity contribution is 5.98. The first-order valence-electron chi connectivity index (χ1n) is 6.22. The first kappa shape index (κ1) is 13.8. The monoisotopic (exact) mass is 267 g/mol. The molecule has 2 amide bonds. The minimum atomic E-state index is -0.548. The maximum Gasteiger partial charge on any atom is 0.249 e. The number of carbonyl (C=O) groups excluding carboxylic acids is 2. The van der Waals surface area contributed by atoms with Crippen LogP contribution in [-0.4, -0.2) is 11.8 Å². The predicted octanol–water partition coefficient (Wildman–Crippen LogP) is 1.65. The summed E-state index contributed by atoms with van der Waals surface area (Å²) in [6, 6.07) is 16.3.